The monoisotopic (exact) mass is 295 g/mol. The van der Waals surface area contributed by atoms with Crippen molar-refractivity contribution in [1.82, 2.24) is 5.32 Å². The van der Waals surface area contributed by atoms with Crippen molar-refractivity contribution in [3.8, 4) is 0 Å². The van der Waals surface area contributed by atoms with Gasteiger partial charge in [-0.1, -0.05) is 33.6 Å². The highest BCUT2D eigenvalue weighted by Gasteiger charge is 2.33. The molecule has 1 fully saturated rings. The van der Waals surface area contributed by atoms with Crippen LogP contribution in [-0.2, 0) is 12.3 Å². The average Bonchev–Trinajstić information content (AvgIpc) is 2.84. The van der Waals surface area contributed by atoms with Crippen molar-refractivity contribution in [3.05, 3.63) is 23.7 Å². The van der Waals surface area contributed by atoms with Crippen LogP contribution in [0.2, 0.25) is 0 Å². The van der Waals surface area contributed by atoms with Gasteiger partial charge in [0.25, 0.3) is 0 Å². The molecule has 1 aliphatic rings. The van der Waals surface area contributed by atoms with Crippen LogP contribution in [0.1, 0.15) is 58.0 Å². The summed E-state index contributed by atoms with van der Waals surface area (Å²) in [5.74, 6) is 3.91. The smallest absolute Gasteiger partial charge is 0.118 e. The molecule has 1 aromatic rings. The number of thioether (sulfide) groups is 1. The second kappa shape index (κ2) is 7.04. The van der Waals surface area contributed by atoms with Gasteiger partial charge in [0, 0.05) is 6.04 Å². The number of hydrogen-bond donors (Lipinski definition) is 1. The summed E-state index contributed by atoms with van der Waals surface area (Å²) in [6.45, 7) is 8.00. The zero-order valence-electron chi connectivity index (χ0n) is 13.4. The van der Waals surface area contributed by atoms with E-state index in [0.29, 0.717) is 11.5 Å². The molecule has 2 atom stereocenters. The quantitative estimate of drug-likeness (QED) is 0.841. The molecule has 2 unspecified atom stereocenters. The van der Waals surface area contributed by atoms with Crippen molar-refractivity contribution in [2.75, 3.05) is 6.26 Å². The van der Waals surface area contributed by atoms with E-state index in [1.165, 1.54) is 25.7 Å². The summed E-state index contributed by atoms with van der Waals surface area (Å²) in [5, 5.41) is 3.75. The number of hydrogen-bond acceptors (Lipinski definition) is 3. The summed E-state index contributed by atoms with van der Waals surface area (Å²) in [5.41, 5.74) is 0.394. The van der Waals surface area contributed by atoms with Gasteiger partial charge in [-0.15, -0.1) is 0 Å². The summed E-state index contributed by atoms with van der Waals surface area (Å²) in [6, 6.07) is 4.86. The fraction of sp³-hybridized carbons (Fsp3) is 0.765. The maximum Gasteiger partial charge on any atom is 0.118 e. The molecule has 3 heteroatoms. The van der Waals surface area contributed by atoms with Gasteiger partial charge < -0.3 is 9.73 Å². The van der Waals surface area contributed by atoms with Crippen LogP contribution >= 0.6 is 11.8 Å². The Balaban J connectivity index is 1.90. The Morgan fingerprint density at radius 3 is 2.60 bits per heavy atom. The largest absolute Gasteiger partial charge is 0.464 e. The molecular weight excluding hydrogens is 266 g/mol. The lowest BCUT2D eigenvalue weighted by atomic mass is 9.69. The van der Waals surface area contributed by atoms with Gasteiger partial charge in [-0.05, 0) is 42.6 Å². The Morgan fingerprint density at radius 1 is 1.20 bits per heavy atom. The molecule has 0 saturated heterocycles. The molecule has 0 aromatic carbocycles. The number of rotatable bonds is 5. The van der Waals surface area contributed by atoms with Crippen LogP contribution in [0.5, 0.6) is 0 Å². The first kappa shape index (κ1) is 16.0. The topological polar surface area (TPSA) is 25.2 Å². The number of nitrogens with one attached hydrogen (secondary N) is 1. The molecule has 1 N–H and O–H groups in total. The lowest BCUT2D eigenvalue weighted by molar-refractivity contribution is 0.128. The van der Waals surface area contributed by atoms with Crippen LogP contribution in [0, 0.1) is 11.3 Å². The van der Waals surface area contributed by atoms with E-state index in [1.807, 2.05) is 0 Å². The third-order valence-electron chi connectivity index (χ3n) is 4.42. The van der Waals surface area contributed by atoms with E-state index in [-0.39, 0.29) is 0 Å². The van der Waals surface area contributed by atoms with E-state index in [0.717, 1.165) is 29.7 Å². The second-order valence-corrected chi connectivity index (χ2v) is 7.91. The minimum absolute atomic E-state index is 0.394. The van der Waals surface area contributed by atoms with E-state index in [9.17, 15) is 0 Å². The highest BCUT2D eigenvalue weighted by atomic mass is 32.2. The van der Waals surface area contributed by atoms with Crippen molar-refractivity contribution in [2.24, 2.45) is 11.3 Å². The van der Waals surface area contributed by atoms with Crippen molar-refractivity contribution >= 4 is 11.8 Å². The predicted molar refractivity (Wildman–Crippen MR) is 88.0 cm³/mol. The molecule has 0 amide bonds. The maximum atomic E-state index is 5.85. The molecule has 20 heavy (non-hydrogen) atoms. The molecule has 2 rings (SSSR count). The van der Waals surface area contributed by atoms with Crippen LogP contribution in [-0.4, -0.2) is 12.3 Å². The van der Waals surface area contributed by atoms with Crippen LogP contribution in [0.4, 0.5) is 0 Å². The van der Waals surface area contributed by atoms with Gasteiger partial charge in [-0.2, -0.15) is 11.8 Å². The molecule has 1 aliphatic carbocycles. The summed E-state index contributed by atoms with van der Waals surface area (Å²) >= 11 is 1.80. The van der Waals surface area contributed by atoms with Gasteiger partial charge in [-0.25, -0.2) is 0 Å². The summed E-state index contributed by atoms with van der Waals surface area (Å²) < 4.78 is 5.85. The lowest BCUT2D eigenvalue weighted by Crippen LogP contribution is -2.43. The molecule has 2 nitrogen and oxygen atoms in total. The standard InChI is InChI=1S/C17H29NOS/c1-17(2,3)15-7-5-6-8-16(15)18-11-13-9-10-14(19-13)12-20-4/h9-10,15-16,18H,5-8,11-12H2,1-4H3. The number of furan rings is 1. The van der Waals surface area contributed by atoms with Crippen molar-refractivity contribution < 1.29 is 4.42 Å². The summed E-state index contributed by atoms with van der Waals surface area (Å²) in [4.78, 5) is 0. The fourth-order valence-electron chi connectivity index (χ4n) is 3.38. The zero-order chi connectivity index (χ0) is 14.6. The van der Waals surface area contributed by atoms with Gasteiger partial charge in [0.05, 0.1) is 12.3 Å². The Bertz CT molecular complexity index is 407. The van der Waals surface area contributed by atoms with Gasteiger partial charge in [0.2, 0.25) is 0 Å². The Morgan fingerprint density at radius 2 is 1.90 bits per heavy atom. The maximum absolute atomic E-state index is 5.85. The molecular formula is C17H29NOS. The average molecular weight is 295 g/mol. The van der Waals surface area contributed by atoms with E-state index in [1.54, 1.807) is 11.8 Å². The van der Waals surface area contributed by atoms with E-state index in [2.05, 4.69) is 44.5 Å². The highest BCUT2D eigenvalue weighted by Crippen LogP contribution is 2.38. The molecule has 114 valence electrons. The van der Waals surface area contributed by atoms with E-state index >= 15 is 0 Å². The molecule has 1 heterocycles. The van der Waals surface area contributed by atoms with Gasteiger partial charge in [0.1, 0.15) is 11.5 Å². The predicted octanol–water partition coefficient (Wildman–Crippen LogP) is 4.84. The second-order valence-electron chi connectivity index (χ2n) is 7.05. The molecule has 0 bridgehead atoms. The molecule has 0 aliphatic heterocycles. The lowest BCUT2D eigenvalue weighted by Gasteiger charge is -2.40. The fourth-order valence-corrected chi connectivity index (χ4v) is 3.82. The highest BCUT2D eigenvalue weighted by molar-refractivity contribution is 7.97. The minimum Gasteiger partial charge on any atom is -0.464 e. The van der Waals surface area contributed by atoms with Crippen LogP contribution in [0.3, 0.4) is 0 Å². The minimum atomic E-state index is 0.394. The normalized spacial score (nSPS) is 24.0. The zero-order valence-corrected chi connectivity index (χ0v) is 14.2. The first-order valence-electron chi connectivity index (χ1n) is 7.80. The van der Waals surface area contributed by atoms with Crippen LogP contribution < -0.4 is 5.32 Å². The molecule has 1 saturated carbocycles. The van der Waals surface area contributed by atoms with E-state index in [4.69, 9.17) is 4.42 Å². The molecule has 0 spiro atoms. The Kier molecular flexibility index (Phi) is 5.62. The van der Waals surface area contributed by atoms with Crippen LogP contribution in [0.25, 0.3) is 0 Å². The Hall–Kier alpha value is -0.410. The van der Waals surface area contributed by atoms with Gasteiger partial charge in [-0.3, -0.25) is 0 Å². The molecule has 0 radical (unpaired) electrons. The van der Waals surface area contributed by atoms with Gasteiger partial charge in [0.15, 0.2) is 0 Å². The Labute approximate surface area is 128 Å². The van der Waals surface area contributed by atoms with E-state index < -0.39 is 0 Å². The van der Waals surface area contributed by atoms with Crippen molar-refractivity contribution in [1.29, 1.82) is 0 Å². The first-order chi connectivity index (χ1) is 9.50. The third kappa shape index (κ3) is 4.29. The van der Waals surface area contributed by atoms with Crippen molar-refractivity contribution in [3.63, 3.8) is 0 Å². The third-order valence-corrected chi connectivity index (χ3v) is 4.99. The summed E-state index contributed by atoms with van der Waals surface area (Å²) in [7, 11) is 0. The first-order valence-corrected chi connectivity index (χ1v) is 9.20. The summed E-state index contributed by atoms with van der Waals surface area (Å²) in [6.07, 6.45) is 7.52. The SMILES string of the molecule is CSCc1ccc(CNC2CCCCC2C(C)(C)C)o1. The van der Waals surface area contributed by atoms with Gasteiger partial charge >= 0.3 is 0 Å². The molecule has 1 aromatic heterocycles. The van der Waals surface area contributed by atoms with Crippen molar-refractivity contribution in [2.45, 2.75) is 64.8 Å². The van der Waals surface area contributed by atoms with Crippen LogP contribution in [0.15, 0.2) is 16.5 Å².